The first-order chi connectivity index (χ1) is 11.7. The van der Waals surface area contributed by atoms with Crippen molar-refractivity contribution in [2.24, 2.45) is 5.92 Å². The monoisotopic (exact) mass is 368 g/mol. The largest absolute Gasteiger partial charge is 0.481 e. The summed E-state index contributed by atoms with van der Waals surface area (Å²) in [5, 5.41) is 17.2. The minimum atomic E-state index is -1.12. The smallest absolute Gasteiger partial charge is 0.317 e. The molecule has 6 nitrogen and oxygen atoms in total. The van der Waals surface area contributed by atoms with Gasteiger partial charge in [-0.25, -0.2) is 0 Å². The molecule has 7 heteroatoms. The molecular weight excluding hydrogens is 344 g/mol. The normalized spacial score (nSPS) is 17.6. The van der Waals surface area contributed by atoms with Crippen molar-refractivity contribution < 1.29 is 29.3 Å². The first kappa shape index (κ1) is 19.8. The van der Waals surface area contributed by atoms with E-state index >= 15 is 0 Å². The van der Waals surface area contributed by atoms with Crippen molar-refractivity contribution in [2.45, 2.75) is 49.5 Å². The highest BCUT2D eigenvalue weighted by atomic mass is 32.2. The van der Waals surface area contributed by atoms with Gasteiger partial charge in [0.05, 0.1) is 19.6 Å². The lowest BCUT2D eigenvalue weighted by Gasteiger charge is -2.25. The van der Waals surface area contributed by atoms with Gasteiger partial charge >= 0.3 is 11.9 Å². The summed E-state index contributed by atoms with van der Waals surface area (Å²) >= 11 is 1.08. The van der Waals surface area contributed by atoms with Gasteiger partial charge in [-0.3, -0.25) is 9.59 Å². The van der Waals surface area contributed by atoms with Crippen LogP contribution < -0.4 is 0 Å². The Bertz CT molecular complexity index is 636. The first-order valence-electron chi connectivity index (χ1n) is 8.24. The van der Waals surface area contributed by atoms with E-state index < -0.39 is 29.4 Å². The molecular formula is C18H24O6S. The Morgan fingerprint density at radius 1 is 1.24 bits per heavy atom. The van der Waals surface area contributed by atoms with Crippen LogP contribution in [0.4, 0.5) is 0 Å². The maximum atomic E-state index is 11.4. The Labute approximate surface area is 151 Å². The van der Waals surface area contributed by atoms with Gasteiger partial charge in [-0.15, -0.1) is 11.8 Å². The van der Waals surface area contributed by atoms with Crippen LogP contribution in [0.5, 0.6) is 0 Å². The molecule has 0 aliphatic carbocycles. The van der Waals surface area contributed by atoms with E-state index in [1.54, 1.807) is 0 Å². The van der Waals surface area contributed by atoms with Crippen molar-refractivity contribution in [1.29, 1.82) is 0 Å². The van der Waals surface area contributed by atoms with Crippen molar-refractivity contribution in [3.05, 3.63) is 29.3 Å². The number of carbonyl (C=O) groups is 2. The zero-order chi connectivity index (χ0) is 18.6. The Kier molecular flexibility index (Phi) is 6.48. The van der Waals surface area contributed by atoms with Crippen LogP contribution >= 0.6 is 11.8 Å². The molecule has 138 valence electrons. The second-order valence-corrected chi connectivity index (χ2v) is 7.85. The lowest BCUT2D eigenvalue weighted by Crippen LogP contribution is -2.23. The fourth-order valence-corrected chi connectivity index (χ4v) is 3.82. The standard InChI is InChI=1S/C18H24O6S/c1-11(2)8-12-9-13(18(3)23-6-7-24-18)4-5-14(12)25-15(17(21)22)10-16(19)20/h4-5,9,11,15H,6-8,10H2,1-3H3,(H,19,20)(H,21,22)/t15-/m0/s1. The summed E-state index contributed by atoms with van der Waals surface area (Å²) < 4.78 is 11.4. The second-order valence-electron chi connectivity index (χ2n) is 6.61. The highest BCUT2D eigenvalue weighted by molar-refractivity contribution is 8.00. The van der Waals surface area contributed by atoms with Crippen molar-refractivity contribution in [3.8, 4) is 0 Å². The molecule has 0 unspecified atom stereocenters. The summed E-state index contributed by atoms with van der Waals surface area (Å²) in [6.07, 6.45) is 0.332. The molecule has 1 heterocycles. The summed E-state index contributed by atoms with van der Waals surface area (Å²) in [6.45, 7) is 7.10. The summed E-state index contributed by atoms with van der Waals surface area (Å²) in [7, 11) is 0. The van der Waals surface area contributed by atoms with Gasteiger partial charge in [-0.2, -0.15) is 0 Å². The average molecular weight is 368 g/mol. The van der Waals surface area contributed by atoms with Crippen LogP contribution in [0.1, 0.15) is 38.3 Å². The molecule has 0 amide bonds. The SMILES string of the molecule is CC(C)Cc1cc(C2(C)OCCO2)ccc1S[C@@H](CC(=O)O)C(=O)O. The van der Waals surface area contributed by atoms with Crippen LogP contribution in [0, 0.1) is 5.92 Å². The molecule has 1 aromatic carbocycles. The fourth-order valence-electron chi connectivity index (χ4n) is 2.75. The van der Waals surface area contributed by atoms with E-state index in [1.807, 2.05) is 25.1 Å². The van der Waals surface area contributed by atoms with E-state index in [-0.39, 0.29) is 0 Å². The average Bonchev–Trinajstić information content (AvgIpc) is 2.95. The number of thioether (sulfide) groups is 1. The number of hydrogen-bond donors (Lipinski definition) is 2. The lowest BCUT2D eigenvalue weighted by atomic mass is 9.98. The summed E-state index contributed by atoms with van der Waals surface area (Å²) in [4.78, 5) is 23.1. The molecule has 1 fully saturated rings. The molecule has 1 aromatic rings. The molecule has 1 saturated heterocycles. The molecule has 0 radical (unpaired) electrons. The maximum absolute atomic E-state index is 11.4. The predicted molar refractivity (Wildman–Crippen MR) is 93.8 cm³/mol. The fraction of sp³-hybridized carbons (Fsp3) is 0.556. The van der Waals surface area contributed by atoms with Crippen LogP contribution in [0.3, 0.4) is 0 Å². The summed E-state index contributed by atoms with van der Waals surface area (Å²) in [5.41, 5.74) is 1.87. The van der Waals surface area contributed by atoms with E-state index in [0.29, 0.717) is 19.1 Å². The Morgan fingerprint density at radius 2 is 1.88 bits per heavy atom. The van der Waals surface area contributed by atoms with Crippen LogP contribution in [0.15, 0.2) is 23.1 Å². The maximum Gasteiger partial charge on any atom is 0.317 e. The van der Waals surface area contributed by atoms with Crippen LogP contribution in [-0.4, -0.2) is 40.6 Å². The predicted octanol–water partition coefficient (Wildman–Crippen LogP) is 3.12. The highest BCUT2D eigenvalue weighted by Gasteiger charge is 2.34. The third-order valence-corrected chi connectivity index (χ3v) is 5.26. The Hall–Kier alpha value is -1.57. The van der Waals surface area contributed by atoms with Crippen molar-refractivity contribution in [2.75, 3.05) is 13.2 Å². The van der Waals surface area contributed by atoms with E-state index in [2.05, 4.69) is 13.8 Å². The van der Waals surface area contributed by atoms with Gasteiger partial charge in [0.25, 0.3) is 0 Å². The number of ether oxygens (including phenoxy) is 2. The van der Waals surface area contributed by atoms with Crippen molar-refractivity contribution in [1.82, 2.24) is 0 Å². The molecule has 0 aromatic heterocycles. The van der Waals surface area contributed by atoms with Gasteiger partial charge in [0.1, 0.15) is 5.25 Å². The minimum Gasteiger partial charge on any atom is -0.481 e. The molecule has 0 spiro atoms. The Morgan fingerprint density at radius 3 is 2.40 bits per heavy atom. The minimum absolute atomic E-state index is 0.371. The molecule has 0 saturated carbocycles. The van der Waals surface area contributed by atoms with Gasteiger partial charge < -0.3 is 19.7 Å². The molecule has 1 aliphatic rings. The van der Waals surface area contributed by atoms with Crippen LogP contribution in [-0.2, 0) is 31.3 Å². The number of aliphatic carboxylic acids is 2. The topological polar surface area (TPSA) is 93.1 Å². The number of benzene rings is 1. The van der Waals surface area contributed by atoms with E-state index in [4.69, 9.17) is 14.6 Å². The van der Waals surface area contributed by atoms with Crippen molar-refractivity contribution in [3.63, 3.8) is 0 Å². The number of rotatable bonds is 8. The van der Waals surface area contributed by atoms with Gasteiger partial charge in [-0.05, 0) is 37.0 Å². The van der Waals surface area contributed by atoms with Crippen molar-refractivity contribution >= 4 is 23.7 Å². The molecule has 2 rings (SSSR count). The van der Waals surface area contributed by atoms with Crippen LogP contribution in [0.2, 0.25) is 0 Å². The third kappa shape index (κ3) is 5.20. The Balaban J connectivity index is 2.32. The number of carboxylic acids is 2. The van der Waals surface area contributed by atoms with Crippen LogP contribution in [0.25, 0.3) is 0 Å². The first-order valence-corrected chi connectivity index (χ1v) is 9.12. The van der Waals surface area contributed by atoms with E-state index in [9.17, 15) is 14.7 Å². The molecule has 1 aliphatic heterocycles. The van der Waals surface area contributed by atoms with Gasteiger partial charge in [0, 0.05) is 10.5 Å². The summed E-state index contributed by atoms with van der Waals surface area (Å²) in [6, 6.07) is 5.68. The van der Waals surface area contributed by atoms with E-state index in [0.717, 1.165) is 34.2 Å². The van der Waals surface area contributed by atoms with Gasteiger partial charge in [-0.1, -0.05) is 19.9 Å². The third-order valence-electron chi connectivity index (χ3n) is 3.96. The molecule has 1 atom stereocenters. The second kappa shape index (κ2) is 8.21. The van der Waals surface area contributed by atoms with Gasteiger partial charge in [0.2, 0.25) is 0 Å². The van der Waals surface area contributed by atoms with Gasteiger partial charge in [0.15, 0.2) is 5.79 Å². The lowest BCUT2D eigenvalue weighted by molar-refractivity contribution is -0.149. The molecule has 2 N–H and O–H groups in total. The molecule has 0 bridgehead atoms. The zero-order valence-electron chi connectivity index (χ0n) is 14.7. The molecule has 25 heavy (non-hydrogen) atoms. The zero-order valence-corrected chi connectivity index (χ0v) is 15.5. The highest BCUT2D eigenvalue weighted by Crippen LogP contribution is 2.36. The quantitative estimate of drug-likeness (QED) is 0.681. The van der Waals surface area contributed by atoms with E-state index in [1.165, 1.54) is 0 Å². The number of carboxylic acid groups (broad SMARTS) is 2. The summed E-state index contributed by atoms with van der Waals surface area (Å²) in [5.74, 6) is -2.67. The number of hydrogen-bond acceptors (Lipinski definition) is 5.